The van der Waals surface area contributed by atoms with Crippen molar-refractivity contribution in [1.29, 1.82) is 0 Å². The largest absolute Gasteiger partial charge is 0.508 e. The topological polar surface area (TPSA) is 41.5 Å². The number of benzene rings is 1. The highest BCUT2D eigenvalue weighted by atomic mass is 35.5. The number of halogens is 1. The molecule has 17 heavy (non-hydrogen) atoms. The zero-order valence-corrected chi connectivity index (χ0v) is 11.3. The van der Waals surface area contributed by atoms with Gasteiger partial charge >= 0.3 is 0 Å². The smallest absolute Gasteiger partial charge is 0.121 e. The minimum atomic E-state index is -0.336. The van der Waals surface area contributed by atoms with Gasteiger partial charge in [-0.15, -0.1) is 12.4 Å². The second kappa shape index (κ2) is 4.84. The van der Waals surface area contributed by atoms with E-state index in [9.17, 15) is 5.11 Å². The van der Waals surface area contributed by atoms with E-state index in [1.165, 1.54) is 0 Å². The van der Waals surface area contributed by atoms with Crippen molar-refractivity contribution in [3.05, 3.63) is 29.8 Å². The van der Waals surface area contributed by atoms with Crippen LogP contribution in [0.3, 0.4) is 0 Å². The first-order valence-corrected chi connectivity index (χ1v) is 5.60. The molecule has 3 nitrogen and oxygen atoms in total. The summed E-state index contributed by atoms with van der Waals surface area (Å²) in [7, 11) is 0. The van der Waals surface area contributed by atoms with Crippen LogP contribution < -0.4 is 5.32 Å². The molecule has 1 heterocycles. The lowest BCUT2D eigenvalue weighted by atomic mass is 10.0. The molecule has 0 spiro atoms. The lowest BCUT2D eigenvalue weighted by Crippen LogP contribution is -2.47. The fourth-order valence-corrected chi connectivity index (χ4v) is 2.28. The van der Waals surface area contributed by atoms with Gasteiger partial charge in [-0.2, -0.15) is 0 Å². The quantitative estimate of drug-likeness (QED) is 0.855. The summed E-state index contributed by atoms with van der Waals surface area (Å²) in [5.41, 5.74) is 0.760. The molecule has 0 aromatic heterocycles. The van der Waals surface area contributed by atoms with E-state index in [0.717, 1.165) is 12.0 Å². The van der Waals surface area contributed by atoms with Crippen LogP contribution in [0.4, 0.5) is 0 Å². The van der Waals surface area contributed by atoms with E-state index in [4.69, 9.17) is 4.74 Å². The van der Waals surface area contributed by atoms with Gasteiger partial charge in [-0.3, -0.25) is 5.32 Å². The lowest BCUT2D eigenvalue weighted by Gasteiger charge is -2.26. The third-order valence-electron chi connectivity index (χ3n) is 2.81. The summed E-state index contributed by atoms with van der Waals surface area (Å²) in [5.74, 6) is 0.304. The first-order valence-electron chi connectivity index (χ1n) is 5.60. The number of ether oxygens (including phenoxy) is 1. The van der Waals surface area contributed by atoms with E-state index >= 15 is 0 Å². The number of phenols is 1. The molecule has 1 aliphatic heterocycles. The van der Waals surface area contributed by atoms with Crippen molar-refractivity contribution < 1.29 is 9.84 Å². The molecule has 4 heteroatoms. The van der Waals surface area contributed by atoms with Crippen molar-refractivity contribution in [3.8, 4) is 5.75 Å². The standard InChI is InChI=1S/C13H19NO2.ClH/c1-12(2)9-16-13(3,14-12)8-10-5-4-6-11(15)7-10;/h4-7,14-15H,8-9H2,1-3H3;1H. The summed E-state index contributed by atoms with van der Waals surface area (Å²) in [5, 5.41) is 12.9. The Labute approximate surface area is 109 Å². The van der Waals surface area contributed by atoms with Crippen LogP contribution in [0.2, 0.25) is 0 Å². The Kier molecular flexibility index (Phi) is 4.07. The summed E-state index contributed by atoms with van der Waals surface area (Å²) in [6.07, 6.45) is 0.755. The molecule has 1 aromatic carbocycles. The molecule has 1 aromatic rings. The Bertz CT molecular complexity index is 395. The third kappa shape index (κ3) is 3.60. The number of phenolic OH excluding ortho intramolecular Hbond substituents is 1. The first-order chi connectivity index (χ1) is 7.39. The van der Waals surface area contributed by atoms with Gasteiger partial charge in [0, 0.05) is 12.0 Å². The van der Waals surface area contributed by atoms with Gasteiger partial charge in [0.15, 0.2) is 0 Å². The van der Waals surface area contributed by atoms with Gasteiger partial charge in [0.25, 0.3) is 0 Å². The molecule has 2 N–H and O–H groups in total. The molecule has 1 atom stereocenters. The molecule has 0 bridgehead atoms. The maximum Gasteiger partial charge on any atom is 0.121 e. The Morgan fingerprint density at radius 2 is 2.06 bits per heavy atom. The SMILES string of the molecule is CC1(C)COC(C)(Cc2cccc(O)c2)N1.Cl. The van der Waals surface area contributed by atoms with Gasteiger partial charge in [0.1, 0.15) is 11.5 Å². The monoisotopic (exact) mass is 257 g/mol. The minimum absolute atomic E-state index is 0. The average Bonchev–Trinajstić information content (AvgIpc) is 2.40. The van der Waals surface area contributed by atoms with Crippen molar-refractivity contribution in [2.75, 3.05) is 6.61 Å². The van der Waals surface area contributed by atoms with Crippen LogP contribution in [-0.4, -0.2) is 23.0 Å². The van der Waals surface area contributed by atoms with E-state index in [2.05, 4.69) is 19.2 Å². The highest BCUT2D eigenvalue weighted by molar-refractivity contribution is 5.85. The van der Waals surface area contributed by atoms with Crippen LogP contribution >= 0.6 is 12.4 Å². The van der Waals surface area contributed by atoms with Crippen molar-refractivity contribution in [1.82, 2.24) is 5.32 Å². The van der Waals surface area contributed by atoms with Crippen LogP contribution in [0, 0.1) is 0 Å². The van der Waals surface area contributed by atoms with Crippen LogP contribution in [0.25, 0.3) is 0 Å². The molecule has 1 fully saturated rings. The maximum atomic E-state index is 9.41. The second-order valence-corrected chi connectivity index (χ2v) is 5.38. The fourth-order valence-electron chi connectivity index (χ4n) is 2.28. The Balaban J connectivity index is 0.00000144. The van der Waals surface area contributed by atoms with Gasteiger partial charge < -0.3 is 9.84 Å². The number of hydrogen-bond acceptors (Lipinski definition) is 3. The third-order valence-corrected chi connectivity index (χ3v) is 2.81. The van der Waals surface area contributed by atoms with E-state index in [1.807, 2.05) is 19.1 Å². The predicted molar refractivity (Wildman–Crippen MR) is 70.6 cm³/mol. The number of hydrogen-bond donors (Lipinski definition) is 2. The molecule has 1 saturated heterocycles. The molecule has 1 unspecified atom stereocenters. The van der Waals surface area contributed by atoms with Gasteiger partial charge in [-0.1, -0.05) is 12.1 Å². The predicted octanol–water partition coefficient (Wildman–Crippen LogP) is 2.47. The molecular weight excluding hydrogens is 238 g/mol. The Morgan fingerprint density at radius 3 is 2.59 bits per heavy atom. The highest BCUT2D eigenvalue weighted by Gasteiger charge is 2.39. The summed E-state index contributed by atoms with van der Waals surface area (Å²) < 4.78 is 5.81. The van der Waals surface area contributed by atoms with Crippen molar-refractivity contribution in [2.45, 2.75) is 38.5 Å². The van der Waals surface area contributed by atoms with E-state index in [1.54, 1.807) is 12.1 Å². The molecule has 96 valence electrons. The average molecular weight is 258 g/mol. The summed E-state index contributed by atoms with van der Waals surface area (Å²) in [6, 6.07) is 7.32. The van der Waals surface area contributed by atoms with Crippen LogP contribution in [0.15, 0.2) is 24.3 Å². The lowest BCUT2D eigenvalue weighted by molar-refractivity contribution is 0.00668. The Hall–Kier alpha value is -0.770. The van der Waals surface area contributed by atoms with Gasteiger partial charge in [-0.05, 0) is 38.5 Å². The van der Waals surface area contributed by atoms with Crippen molar-refractivity contribution in [3.63, 3.8) is 0 Å². The van der Waals surface area contributed by atoms with Crippen molar-refractivity contribution in [2.24, 2.45) is 0 Å². The molecule has 1 aliphatic rings. The number of nitrogens with one attached hydrogen (secondary N) is 1. The number of rotatable bonds is 2. The van der Waals surface area contributed by atoms with Gasteiger partial charge in [-0.25, -0.2) is 0 Å². The summed E-state index contributed by atoms with van der Waals surface area (Å²) >= 11 is 0. The second-order valence-electron chi connectivity index (χ2n) is 5.38. The number of aromatic hydroxyl groups is 1. The maximum absolute atomic E-state index is 9.41. The van der Waals surface area contributed by atoms with Crippen LogP contribution in [0.1, 0.15) is 26.3 Å². The van der Waals surface area contributed by atoms with Crippen LogP contribution in [-0.2, 0) is 11.2 Å². The summed E-state index contributed by atoms with van der Waals surface area (Å²) in [6.45, 7) is 7.01. The zero-order valence-electron chi connectivity index (χ0n) is 10.5. The molecule has 0 amide bonds. The highest BCUT2D eigenvalue weighted by Crippen LogP contribution is 2.27. The van der Waals surface area contributed by atoms with E-state index in [0.29, 0.717) is 12.4 Å². The zero-order chi connectivity index (χ0) is 11.8. The fraction of sp³-hybridized carbons (Fsp3) is 0.538. The molecular formula is C13H20ClNO2. The van der Waals surface area contributed by atoms with Crippen LogP contribution in [0.5, 0.6) is 5.75 Å². The molecule has 0 radical (unpaired) electrons. The normalized spacial score (nSPS) is 26.5. The molecule has 0 aliphatic carbocycles. The summed E-state index contributed by atoms with van der Waals surface area (Å²) in [4.78, 5) is 0. The van der Waals surface area contributed by atoms with Crippen molar-refractivity contribution >= 4 is 12.4 Å². The Morgan fingerprint density at radius 1 is 1.35 bits per heavy atom. The molecule has 0 saturated carbocycles. The van der Waals surface area contributed by atoms with Gasteiger partial charge in [0.05, 0.1) is 6.61 Å². The molecule has 2 rings (SSSR count). The van der Waals surface area contributed by atoms with E-state index < -0.39 is 0 Å². The minimum Gasteiger partial charge on any atom is -0.508 e. The van der Waals surface area contributed by atoms with Gasteiger partial charge in [0.2, 0.25) is 0 Å². The van der Waals surface area contributed by atoms with E-state index in [-0.39, 0.29) is 23.7 Å². The first kappa shape index (κ1) is 14.3.